The van der Waals surface area contributed by atoms with Crippen LogP contribution in [0.2, 0.25) is 0 Å². The number of rotatable bonds is 6. The van der Waals surface area contributed by atoms with E-state index in [0.29, 0.717) is 17.4 Å². The van der Waals surface area contributed by atoms with E-state index < -0.39 is 0 Å². The minimum absolute atomic E-state index is 0.00922. The average Bonchev–Trinajstić information content (AvgIpc) is 3.43. The number of carbonyl (C=O) groups excluding carboxylic acids is 1. The largest absolute Gasteiger partial charge is 0.493 e. The van der Waals surface area contributed by atoms with Crippen molar-refractivity contribution in [2.45, 2.75) is 12.3 Å². The van der Waals surface area contributed by atoms with Gasteiger partial charge < -0.3 is 9.47 Å². The van der Waals surface area contributed by atoms with Crippen molar-refractivity contribution in [3.05, 3.63) is 59.7 Å². The first-order valence-electron chi connectivity index (χ1n) is 7.83. The van der Waals surface area contributed by atoms with Crippen LogP contribution in [0.1, 0.15) is 23.5 Å². The Hall–Kier alpha value is -2.82. The van der Waals surface area contributed by atoms with Gasteiger partial charge in [-0.15, -0.1) is 0 Å². The molecule has 3 rings (SSSR count). The summed E-state index contributed by atoms with van der Waals surface area (Å²) in [5, 5.41) is 4.04. The van der Waals surface area contributed by atoms with Crippen LogP contribution in [0, 0.1) is 5.92 Å². The lowest BCUT2D eigenvalue weighted by Gasteiger charge is -2.07. The summed E-state index contributed by atoms with van der Waals surface area (Å²) < 4.78 is 10.4. The lowest BCUT2D eigenvalue weighted by Crippen LogP contribution is -2.20. The first kappa shape index (κ1) is 16.1. The summed E-state index contributed by atoms with van der Waals surface area (Å²) in [5.41, 5.74) is 4.65. The van der Waals surface area contributed by atoms with E-state index in [4.69, 9.17) is 9.47 Å². The predicted molar refractivity (Wildman–Crippen MR) is 92.6 cm³/mol. The molecule has 0 unspecified atom stereocenters. The molecule has 0 aliphatic heterocycles. The number of benzene rings is 2. The molecule has 0 spiro atoms. The quantitative estimate of drug-likeness (QED) is 0.656. The van der Waals surface area contributed by atoms with E-state index in [1.807, 2.05) is 24.3 Å². The predicted octanol–water partition coefficient (Wildman–Crippen LogP) is 2.96. The normalized spacial score (nSPS) is 19.1. The maximum Gasteiger partial charge on any atom is 0.243 e. The Kier molecular flexibility index (Phi) is 4.79. The molecule has 1 N–H and O–H groups in total. The fourth-order valence-corrected chi connectivity index (χ4v) is 2.74. The summed E-state index contributed by atoms with van der Waals surface area (Å²) in [7, 11) is 3.17. The van der Waals surface area contributed by atoms with Gasteiger partial charge in [-0.25, -0.2) is 5.43 Å². The van der Waals surface area contributed by atoms with Crippen molar-refractivity contribution < 1.29 is 14.3 Å². The van der Waals surface area contributed by atoms with Crippen molar-refractivity contribution in [1.29, 1.82) is 0 Å². The number of hydrogen-bond acceptors (Lipinski definition) is 4. The molecule has 2 atom stereocenters. The molecular formula is C19H20N2O3. The zero-order valence-corrected chi connectivity index (χ0v) is 13.7. The SMILES string of the molecule is COc1ccc(/C=N\NC(=O)[C@H]2C[C@H]2c2ccccc2)cc1OC. The van der Waals surface area contributed by atoms with E-state index in [9.17, 15) is 4.79 Å². The molecule has 2 aromatic carbocycles. The third kappa shape index (κ3) is 3.56. The van der Waals surface area contributed by atoms with Crippen LogP contribution in [0.4, 0.5) is 0 Å². The van der Waals surface area contributed by atoms with Crippen LogP contribution in [0.25, 0.3) is 0 Å². The van der Waals surface area contributed by atoms with E-state index in [1.54, 1.807) is 32.6 Å². The Morgan fingerprint density at radius 1 is 1.12 bits per heavy atom. The molecule has 1 amide bonds. The maximum absolute atomic E-state index is 12.1. The van der Waals surface area contributed by atoms with Gasteiger partial charge in [0.1, 0.15) is 0 Å². The molecule has 0 aromatic heterocycles. The molecule has 1 aliphatic rings. The molecule has 1 saturated carbocycles. The topological polar surface area (TPSA) is 59.9 Å². The Morgan fingerprint density at radius 3 is 2.58 bits per heavy atom. The van der Waals surface area contributed by atoms with Gasteiger partial charge in [0.05, 0.1) is 20.4 Å². The third-order valence-corrected chi connectivity index (χ3v) is 4.15. The molecule has 124 valence electrons. The maximum atomic E-state index is 12.1. The van der Waals surface area contributed by atoms with E-state index in [0.717, 1.165) is 12.0 Å². The highest BCUT2D eigenvalue weighted by Gasteiger charge is 2.43. The monoisotopic (exact) mass is 324 g/mol. The van der Waals surface area contributed by atoms with Gasteiger partial charge >= 0.3 is 0 Å². The van der Waals surface area contributed by atoms with Crippen molar-refractivity contribution >= 4 is 12.1 Å². The smallest absolute Gasteiger partial charge is 0.243 e. The van der Waals surface area contributed by atoms with E-state index in [2.05, 4.69) is 22.7 Å². The minimum atomic E-state index is -0.0411. The van der Waals surface area contributed by atoms with Crippen molar-refractivity contribution in [2.75, 3.05) is 14.2 Å². The summed E-state index contributed by atoms with van der Waals surface area (Å²) in [6, 6.07) is 15.5. The average molecular weight is 324 g/mol. The molecule has 0 radical (unpaired) electrons. The fourth-order valence-electron chi connectivity index (χ4n) is 2.74. The molecule has 5 nitrogen and oxygen atoms in total. The standard InChI is InChI=1S/C19H20N2O3/c1-23-17-9-8-13(10-18(17)24-2)12-20-21-19(22)16-11-15(16)14-6-4-3-5-7-14/h3-10,12,15-16H,11H2,1-2H3,(H,21,22)/b20-12-/t15-,16-/m0/s1. The van der Waals surface area contributed by atoms with Gasteiger partial charge in [0.25, 0.3) is 0 Å². The Balaban J connectivity index is 1.56. The van der Waals surface area contributed by atoms with Gasteiger partial charge in [-0.2, -0.15) is 5.10 Å². The van der Waals surface area contributed by atoms with Crippen molar-refractivity contribution in [3.63, 3.8) is 0 Å². The first-order valence-corrected chi connectivity index (χ1v) is 7.83. The number of ether oxygens (including phenoxy) is 2. The van der Waals surface area contributed by atoms with Crippen molar-refractivity contribution in [1.82, 2.24) is 5.43 Å². The zero-order chi connectivity index (χ0) is 16.9. The summed E-state index contributed by atoms with van der Waals surface area (Å²) >= 11 is 0. The summed E-state index contributed by atoms with van der Waals surface area (Å²) in [6.45, 7) is 0. The highest BCUT2D eigenvalue weighted by molar-refractivity contribution is 5.86. The number of hydrogen-bond donors (Lipinski definition) is 1. The van der Waals surface area contributed by atoms with Crippen LogP contribution in [0.5, 0.6) is 11.5 Å². The Morgan fingerprint density at radius 2 is 1.88 bits per heavy atom. The van der Waals surface area contributed by atoms with Gasteiger partial charge in [-0.1, -0.05) is 30.3 Å². The number of carbonyl (C=O) groups is 1. The molecule has 1 fully saturated rings. The first-order chi connectivity index (χ1) is 11.7. The van der Waals surface area contributed by atoms with Crippen molar-refractivity contribution in [2.24, 2.45) is 11.0 Å². The van der Waals surface area contributed by atoms with Crippen LogP contribution >= 0.6 is 0 Å². The zero-order valence-electron chi connectivity index (χ0n) is 13.7. The molecule has 24 heavy (non-hydrogen) atoms. The second-order valence-corrected chi connectivity index (χ2v) is 5.71. The molecule has 2 aromatic rings. The minimum Gasteiger partial charge on any atom is -0.493 e. The van der Waals surface area contributed by atoms with Gasteiger partial charge in [0.2, 0.25) is 5.91 Å². The molecule has 0 saturated heterocycles. The van der Waals surface area contributed by atoms with Crippen LogP contribution < -0.4 is 14.9 Å². The van der Waals surface area contributed by atoms with Crippen LogP contribution in [-0.4, -0.2) is 26.3 Å². The van der Waals surface area contributed by atoms with Crippen LogP contribution in [0.3, 0.4) is 0 Å². The van der Waals surface area contributed by atoms with Gasteiger partial charge in [0.15, 0.2) is 11.5 Å². The number of hydrazone groups is 1. The van der Waals surface area contributed by atoms with Crippen LogP contribution in [0.15, 0.2) is 53.6 Å². The number of nitrogens with one attached hydrogen (secondary N) is 1. The lowest BCUT2D eigenvalue weighted by atomic mass is 10.1. The molecule has 1 aliphatic carbocycles. The number of amides is 1. The van der Waals surface area contributed by atoms with E-state index >= 15 is 0 Å². The summed E-state index contributed by atoms with van der Waals surface area (Å²) in [5.74, 6) is 1.56. The molecule has 5 heteroatoms. The van der Waals surface area contributed by atoms with E-state index in [-0.39, 0.29) is 11.8 Å². The highest BCUT2D eigenvalue weighted by atomic mass is 16.5. The van der Waals surface area contributed by atoms with Gasteiger partial charge in [-0.3, -0.25) is 4.79 Å². The summed E-state index contributed by atoms with van der Waals surface area (Å²) in [6.07, 6.45) is 2.47. The highest BCUT2D eigenvalue weighted by Crippen LogP contribution is 2.47. The fraction of sp³-hybridized carbons (Fsp3) is 0.263. The second-order valence-electron chi connectivity index (χ2n) is 5.71. The third-order valence-electron chi connectivity index (χ3n) is 4.15. The molecule has 0 bridgehead atoms. The van der Waals surface area contributed by atoms with Gasteiger partial charge in [0, 0.05) is 5.92 Å². The second kappa shape index (κ2) is 7.17. The number of nitrogens with zero attached hydrogens (tertiary/aromatic N) is 1. The summed E-state index contributed by atoms with van der Waals surface area (Å²) in [4.78, 5) is 12.1. The van der Waals surface area contributed by atoms with Gasteiger partial charge in [-0.05, 0) is 41.7 Å². The van der Waals surface area contributed by atoms with Crippen molar-refractivity contribution in [3.8, 4) is 11.5 Å². The lowest BCUT2D eigenvalue weighted by molar-refractivity contribution is -0.122. The molecular weight excluding hydrogens is 304 g/mol. The Labute approximate surface area is 141 Å². The number of methoxy groups -OCH3 is 2. The van der Waals surface area contributed by atoms with Crippen LogP contribution in [-0.2, 0) is 4.79 Å². The molecule has 0 heterocycles. The van der Waals surface area contributed by atoms with E-state index in [1.165, 1.54) is 5.56 Å². The Bertz CT molecular complexity index is 744.